The van der Waals surface area contributed by atoms with Crippen molar-refractivity contribution in [1.82, 2.24) is 0 Å². The van der Waals surface area contributed by atoms with Gasteiger partial charge in [-0.3, -0.25) is 0 Å². The highest BCUT2D eigenvalue weighted by Gasteiger charge is 2.03. The van der Waals surface area contributed by atoms with Crippen LogP contribution in [-0.2, 0) is 0 Å². The van der Waals surface area contributed by atoms with Gasteiger partial charge in [0.15, 0.2) is 12.4 Å². The van der Waals surface area contributed by atoms with Crippen molar-refractivity contribution in [3.63, 3.8) is 0 Å². The van der Waals surface area contributed by atoms with Crippen LogP contribution in [0.1, 0.15) is 11.1 Å². The molecule has 1 heterocycles. The zero-order valence-electron chi connectivity index (χ0n) is 8.51. The number of benzene rings is 1. The summed E-state index contributed by atoms with van der Waals surface area (Å²) < 4.78 is 2.02. The van der Waals surface area contributed by atoms with Gasteiger partial charge >= 0.3 is 0 Å². The number of aryl methyl sites for hydroxylation is 1. The molecule has 0 N–H and O–H groups in total. The normalized spacial score (nSPS) is 9.60. The molecule has 0 spiro atoms. The summed E-state index contributed by atoms with van der Waals surface area (Å²) in [4.78, 5) is 0. The first-order valence-electron chi connectivity index (χ1n) is 4.78. The van der Waals surface area contributed by atoms with E-state index >= 15 is 0 Å². The van der Waals surface area contributed by atoms with Crippen LogP contribution in [0, 0.1) is 18.3 Å². The van der Waals surface area contributed by atoms with E-state index in [-0.39, 0.29) is 0 Å². The molecular formula is C13H11N2+. The third-order valence-electron chi connectivity index (χ3n) is 2.29. The third kappa shape index (κ3) is 2.03. The van der Waals surface area contributed by atoms with Crippen LogP contribution in [0.4, 0.5) is 0 Å². The lowest BCUT2D eigenvalue weighted by Crippen LogP contribution is -2.29. The number of nitrogens with zero attached hydrogens (tertiary/aromatic N) is 2. The van der Waals surface area contributed by atoms with Gasteiger partial charge in [0.25, 0.3) is 0 Å². The molecule has 2 heteroatoms. The fraction of sp³-hybridized carbons (Fsp3) is 0.0769. The summed E-state index contributed by atoms with van der Waals surface area (Å²) in [5.74, 6) is 0. The lowest BCUT2D eigenvalue weighted by molar-refractivity contribution is -0.595. The summed E-state index contributed by atoms with van der Waals surface area (Å²) in [5.41, 5.74) is 2.99. The van der Waals surface area contributed by atoms with Gasteiger partial charge in [0.05, 0.1) is 11.6 Å². The Hall–Kier alpha value is -2.14. The highest BCUT2D eigenvalue weighted by Crippen LogP contribution is 2.03. The summed E-state index contributed by atoms with van der Waals surface area (Å²) in [6, 6.07) is 13.7. The van der Waals surface area contributed by atoms with E-state index in [0.29, 0.717) is 5.56 Å². The zero-order valence-corrected chi connectivity index (χ0v) is 8.51. The van der Waals surface area contributed by atoms with E-state index in [4.69, 9.17) is 5.26 Å². The van der Waals surface area contributed by atoms with Crippen LogP contribution in [0.5, 0.6) is 0 Å². The van der Waals surface area contributed by atoms with Crippen LogP contribution in [0.2, 0.25) is 0 Å². The van der Waals surface area contributed by atoms with E-state index in [2.05, 4.69) is 25.1 Å². The molecule has 0 bridgehead atoms. The molecule has 1 aromatic carbocycles. The van der Waals surface area contributed by atoms with Gasteiger partial charge in [0, 0.05) is 24.3 Å². The predicted octanol–water partition coefficient (Wildman–Crippen LogP) is 2.14. The van der Waals surface area contributed by atoms with Crippen molar-refractivity contribution < 1.29 is 4.57 Å². The first-order chi connectivity index (χ1) is 7.29. The highest BCUT2D eigenvalue weighted by atomic mass is 14.9. The molecule has 0 aliphatic rings. The van der Waals surface area contributed by atoms with Gasteiger partial charge in [0.2, 0.25) is 5.69 Å². The average Bonchev–Trinajstić information content (AvgIpc) is 2.30. The van der Waals surface area contributed by atoms with Crippen molar-refractivity contribution in [3.8, 4) is 11.8 Å². The first kappa shape index (κ1) is 9.42. The van der Waals surface area contributed by atoms with E-state index in [1.165, 1.54) is 5.56 Å². The Morgan fingerprint density at radius 2 is 1.60 bits per heavy atom. The standard InChI is InChI=1S/C13H11N2/c1-11-6-8-15(9-7-11)13-4-2-12(10-14)3-5-13/h2-9H,1H3/q+1. The monoisotopic (exact) mass is 195 g/mol. The number of aromatic nitrogens is 1. The van der Waals surface area contributed by atoms with Crippen molar-refractivity contribution in [2.45, 2.75) is 6.92 Å². The van der Waals surface area contributed by atoms with E-state index < -0.39 is 0 Å². The maximum absolute atomic E-state index is 8.68. The molecule has 2 nitrogen and oxygen atoms in total. The van der Waals surface area contributed by atoms with E-state index in [9.17, 15) is 0 Å². The Morgan fingerprint density at radius 1 is 1.00 bits per heavy atom. The van der Waals surface area contributed by atoms with Crippen LogP contribution in [0.15, 0.2) is 48.8 Å². The predicted molar refractivity (Wildman–Crippen MR) is 57.4 cm³/mol. The summed E-state index contributed by atoms with van der Waals surface area (Å²) in [6.07, 6.45) is 4.02. The van der Waals surface area contributed by atoms with Gasteiger partial charge in [-0.15, -0.1) is 0 Å². The van der Waals surface area contributed by atoms with Gasteiger partial charge in [-0.2, -0.15) is 9.83 Å². The van der Waals surface area contributed by atoms with Crippen molar-refractivity contribution in [3.05, 3.63) is 59.9 Å². The fourth-order valence-electron chi connectivity index (χ4n) is 1.38. The smallest absolute Gasteiger partial charge is 0.192 e. The molecule has 0 fully saturated rings. The maximum Gasteiger partial charge on any atom is 0.210 e. The number of hydrogen-bond donors (Lipinski definition) is 0. The highest BCUT2D eigenvalue weighted by molar-refractivity contribution is 5.34. The van der Waals surface area contributed by atoms with E-state index in [0.717, 1.165) is 5.69 Å². The molecule has 0 aliphatic heterocycles. The topological polar surface area (TPSA) is 27.7 Å². The number of rotatable bonds is 1. The van der Waals surface area contributed by atoms with Gasteiger partial charge in [-0.05, 0) is 24.6 Å². The molecule has 72 valence electrons. The molecule has 2 aromatic rings. The molecule has 15 heavy (non-hydrogen) atoms. The lowest BCUT2D eigenvalue weighted by Gasteiger charge is -1.95. The molecule has 2 rings (SSSR count). The fourth-order valence-corrected chi connectivity index (χ4v) is 1.38. The second kappa shape index (κ2) is 3.93. The van der Waals surface area contributed by atoms with Crippen molar-refractivity contribution >= 4 is 0 Å². The molecule has 1 aromatic heterocycles. The van der Waals surface area contributed by atoms with E-state index in [1.54, 1.807) is 0 Å². The molecule has 0 unspecified atom stereocenters. The molecule has 0 radical (unpaired) electrons. The van der Waals surface area contributed by atoms with Crippen LogP contribution < -0.4 is 4.57 Å². The van der Waals surface area contributed by atoms with Crippen LogP contribution in [-0.4, -0.2) is 0 Å². The summed E-state index contributed by atoms with van der Waals surface area (Å²) in [7, 11) is 0. The second-order valence-electron chi connectivity index (χ2n) is 3.44. The quantitative estimate of drug-likeness (QED) is 0.641. The first-order valence-corrected chi connectivity index (χ1v) is 4.78. The lowest BCUT2D eigenvalue weighted by atomic mass is 10.2. The second-order valence-corrected chi connectivity index (χ2v) is 3.44. The summed E-state index contributed by atoms with van der Waals surface area (Å²) in [5, 5.41) is 8.68. The molecule has 0 saturated heterocycles. The minimum atomic E-state index is 0.687. The summed E-state index contributed by atoms with van der Waals surface area (Å²) >= 11 is 0. The van der Waals surface area contributed by atoms with Crippen molar-refractivity contribution in [2.75, 3.05) is 0 Å². The SMILES string of the molecule is Cc1cc[n+](-c2ccc(C#N)cc2)cc1. The zero-order chi connectivity index (χ0) is 10.7. The molecule has 0 saturated carbocycles. The van der Waals surface area contributed by atoms with Gasteiger partial charge < -0.3 is 0 Å². The Kier molecular flexibility index (Phi) is 2.47. The Balaban J connectivity index is 2.38. The largest absolute Gasteiger partial charge is 0.210 e. The molecule has 0 amide bonds. The van der Waals surface area contributed by atoms with Crippen molar-refractivity contribution in [2.24, 2.45) is 0 Å². The molecule has 0 aliphatic carbocycles. The third-order valence-corrected chi connectivity index (χ3v) is 2.29. The minimum Gasteiger partial charge on any atom is -0.192 e. The molecule has 0 atom stereocenters. The van der Waals surface area contributed by atoms with Crippen LogP contribution in [0.25, 0.3) is 5.69 Å². The Morgan fingerprint density at radius 3 is 2.13 bits per heavy atom. The number of hydrogen-bond acceptors (Lipinski definition) is 1. The van der Waals surface area contributed by atoms with Gasteiger partial charge in [0.1, 0.15) is 0 Å². The average molecular weight is 195 g/mol. The van der Waals surface area contributed by atoms with Crippen LogP contribution in [0.3, 0.4) is 0 Å². The van der Waals surface area contributed by atoms with Crippen molar-refractivity contribution in [1.29, 1.82) is 5.26 Å². The van der Waals surface area contributed by atoms with Gasteiger partial charge in [-0.1, -0.05) is 0 Å². The minimum absolute atomic E-state index is 0.687. The molecular weight excluding hydrogens is 184 g/mol. The Bertz CT molecular complexity index is 490. The van der Waals surface area contributed by atoms with Gasteiger partial charge in [-0.25, -0.2) is 0 Å². The van der Waals surface area contributed by atoms with E-state index in [1.807, 2.05) is 41.2 Å². The maximum atomic E-state index is 8.68. The summed E-state index contributed by atoms with van der Waals surface area (Å²) in [6.45, 7) is 2.06. The van der Waals surface area contributed by atoms with Crippen LogP contribution >= 0.6 is 0 Å². The number of nitriles is 1. The number of pyridine rings is 1. The Labute approximate surface area is 89.0 Å².